The minimum Gasteiger partial charge on any atom is -0.494 e. The lowest BCUT2D eigenvalue weighted by molar-refractivity contribution is 0.340. The molecule has 0 bridgehead atoms. The Labute approximate surface area is 171 Å². The molecule has 0 unspecified atom stereocenters. The first-order valence-corrected chi connectivity index (χ1v) is 10.1. The molecule has 5 rings (SSSR count). The zero-order valence-corrected chi connectivity index (χ0v) is 16.8. The number of aryl methyl sites for hydroxylation is 1. The fourth-order valence-corrected chi connectivity index (χ4v) is 3.93. The minimum absolute atomic E-state index is 0.627. The number of hydrogen-bond donors (Lipinski definition) is 1. The maximum absolute atomic E-state index is 5.60. The predicted molar refractivity (Wildman–Crippen MR) is 113 cm³/mol. The number of benzene rings is 2. The van der Waals surface area contributed by atoms with Crippen LogP contribution in [0.5, 0.6) is 5.75 Å². The number of hydrogen-bond acceptors (Lipinski definition) is 6. The van der Waals surface area contributed by atoms with Crippen LogP contribution in [0.3, 0.4) is 0 Å². The molecule has 0 saturated carbocycles. The Morgan fingerprint density at radius 2 is 1.90 bits per heavy atom. The lowest BCUT2D eigenvalue weighted by Crippen LogP contribution is -1.92. The largest absolute Gasteiger partial charge is 0.494 e. The third-order valence-corrected chi connectivity index (χ3v) is 5.50. The van der Waals surface area contributed by atoms with Gasteiger partial charge in [0.05, 0.1) is 12.3 Å². The topological polar surface area (TPSA) is 81.0 Å². The van der Waals surface area contributed by atoms with Crippen LogP contribution in [-0.4, -0.2) is 36.6 Å². The van der Waals surface area contributed by atoms with E-state index in [2.05, 4.69) is 51.6 Å². The molecule has 0 atom stereocenters. The molecule has 0 saturated heterocycles. The van der Waals surface area contributed by atoms with Crippen molar-refractivity contribution in [1.29, 1.82) is 0 Å². The van der Waals surface area contributed by atoms with Gasteiger partial charge in [0.25, 0.3) is 0 Å². The molecule has 8 heteroatoms. The summed E-state index contributed by atoms with van der Waals surface area (Å²) in [7, 11) is 0. The van der Waals surface area contributed by atoms with Crippen molar-refractivity contribution in [2.45, 2.75) is 13.8 Å². The van der Waals surface area contributed by atoms with E-state index < -0.39 is 0 Å². The maximum Gasteiger partial charge on any atom is 0.235 e. The predicted octanol–water partition coefficient (Wildman–Crippen LogP) is 4.62. The van der Waals surface area contributed by atoms with Gasteiger partial charge in [-0.3, -0.25) is 5.10 Å². The maximum atomic E-state index is 5.60. The van der Waals surface area contributed by atoms with E-state index in [1.54, 1.807) is 4.52 Å². The highest BCUT2D eigenvalue weighted by Crippen LogP contribution is 2.30. The number of nitrogens with zero attached hydrogens (tertiary/aromatic N) is 5. The number of fused-ring (bicyclic) bond motifs is 1. The summed E-state index contributed by atoms with van der Waals surface area (Å²) in [5.41, 5.74) is 4.88. The Morgan fingerprint density at radius 3 is 2.72 bits per heavy atom. The molecule has 1 N–H and O–H groups in total. The van der Waals surface area contributed by atoms with Crippen molar-refractivity contribution in [3.63, 3.8) is 0 Å². The van der Waals surface area contributed by atoms with Crippen molar-refractivity contribution in [3.8, 4) is 39.1 Å². The molecule has 0 amide bonds. The summed E-state index contributed by atoms with van der Waals surface area (Å²) in [4.78, 5) is 0.725. The second kappa shape index (κ2) is 7.14. The first kappa shape index (κ1) is 17.6. The molecular formula is C21H18N6OS. The average Bonchev–Trinajstić information content (AvgIpc) is 3.45. The van der Waals surface area contributed by atoms with Crippen LogP contribution < -0.4 is 4.74 Å². The molecule has 3 heterocycles. The van der Waals surface area contributed by atoms with Gasteiger partial charge in [0.1, 0.15) is 16.5 Å². The molecule has 0 spiro atoms. The molecule has 29 heavy (non-hydrogen) atoms. The fourth-order valence-electron chi connectivity index (χ4n) is 3.10. The molecule has 2 aromatic carbocycles. The van der Waals surface area contributed by atoms with Crippen molar-refractivity contribution < 1.29 is 4.74 Å². The van der Waals surface area contributed by atoms with Gasteiger partial charge < -0.3 is 4.74 Å². The highest BCUT2D eigenvalue weighted by Gasteiger charge is 2.17. The van der Waals surface area contributed by atoms with E-state index in [9.17, 15) is 0 Å². The third-order valence-electron chi connectivity index (χ3n) is 4.55. The second-order valence-corrected chi connectivity index (χ2v) is 7.57. The molecule has 0 aliphatic rings. The van der Waals surface area contributed by atoms with E-state index in [1.807, 2.05) is 37.3 Å². The molecular weight excluding hydrogens is 384 g/mol. The summed E-state index contributed by atoms with van der Waals surface area (Å²) >= 11 is 1.49. The monoisotopic (exact) mass is 402 g/mol. The van der Waals surface area contributed by atoms with Crippen LogP contribution in [0.25, 0.3) is 38.3 Å². The summed E-state index contributed by atoms with van der Waals surface area (Å²) < 4.78 is 7.35. The van der Waals surface area contributed by atoms with Crippen LogP contribution in [0.2, 0.25) is 0 Å². The van der Waals surface area contributed by atoms with E-state index in [1.165, 1.54) is 16.9 Å². The van der Waals surface area contributed by atoms with Gasteiger partial charge in [-0.2, -0.15) is 14.7 Å². The van der Waals surface area contributed by atoms with Gasteiger partial charge in [-0.05, 0) is 32.0 Å². The Kier molecular flexibility index (Phi) is 4.33. The fraction of sp³-hybridized carbons (Fsp3) is 0.143. The Morgan fingerprint density at radius 1 is 1.03 bits per heavy atom. The van der Waals surface area contributed by atoms with Crippen molar-refractivity contribution >= 4 is 16.3 Å². The van der Waals surface area contributed by atoms with Gasteiger partial charge in [-0.25, -0.2) is 0 Å². The summed E-state index contributed by atoms with van der Waals surface area (Å²) in [5.74, 6) is 1.46. The van der Waals surface area contributed by atoms with Crippen molar-refractivity contribution in [2.75, 3.05) is 6.61 Å². The highest BCUT2D eigenvalue weighted by atomic mass is 32.1. The summed E-state index contributed by atoms with van der Waals surface area (Å²) in [6.07, 6.45) is 0. The van der Waals surface area contributed by atoms with Crippen LogP contribution in [0.4, 0.5) is 0 Å². The smallest absolute Gasteiger partial charge is 0.235 e. The van der Waals surface area contributed by atoms with Gasteiger partial charge in [-0.1, -0.05) is 53.3 Å². The quantitative estimate of drug-likeness (QED) is 0.464. The number of rotatable bonds is 5. The number of nitrogens with one attached hydrogen (secondary N) is 1. The normalized spacial score (nSPS) is 11.2. The van der Waals surface area contributed by atoms with E-state index >= 15 is 0 Å². The second-order valence-electron chi connectivity index (χ2n) is 6.62. The van der Waals surface area contributed by atoms with Gasteiger partial charge in [0.2, 0.25) is 10.8 Å². The number of aromatic amines is 1. The standard InChI is InChI=1S/C21H18N6OS/c1-3-28-16-6-4-5-15(11-16)20-26-27-19(24-25-21(27)29-20)18-12-17(22-23-18)14-9-7-13(2)8-10-14/h4-12H,3H2,1-2H3,(H,22,23). The van der Waals surface area contributed by atoms with Crippen LogP contribution >= 0.6 is 11.3 Å². The lowest BCUT2D eigenvalue weighted by Gasteiger charge is -2.03. The summed E-state index contributed by atoms with van der Waals surface area (Å²) in [6.45, 7) is 4.66. The Balaban J connectivity index is 1.51. The van der Waals surface area contributed by atoms with E-state index in [0.29, 0.717) is 12.4 Å². The van der Waals surface area contributed by atoms with Crippen LogP contribution in [0, 0.1) is 6.92 Å². The van der Waals surface area contributed by atoms with Crippen LogP contribution in [0.15, 0.2) is 54.6 Å². The first-order valence-electron chi connectivity index (χ1n) is 9.29. The SMILES string of the molecule is CCOc1cccc(-c2nn3c(-c4cc(-c5ccc(C)cc5)n[nH]4)nnc3s2)c1. The third kappa shape index (κ3) is 3.27. The van der Waals surface area contributed by atoms with Gasteiger partial charge in [0, 0.05) is 11.1 Å². The number of aromatic nitrogens is 6. The molecule has 5 aromatic rings. The summed E-state index contributed by atoms with van der Waals surface area (Å²) in [5, 5.41) is 21.6. The van der Waals surface area contributed by atoms with Gasteiger partial charge >= 0.3 is 0 Å². The van der Waals surface area contributed by atoms with Crippen LogP contribution in [0.1, 0.15) is 12.5 Å². The van der Waals surface area contributed by atoms with E-state index in [0.717, 1.165) is 38.2 Å². The number of H-pyrrole nitrogens is 1. The molecule has 7 nitrogen and oxygen atoms in total. The molecule has 0 radical (unpaired) electrons. The molecule has 0 aliphatic heterocycles. The van der Waals surface area contributed by atoms with Crippen molar-refractivity contribution in [1.82, 2.24) is 30.0 Å². The minimum atomic E-state index is 0.627. The van der Waals surface area contributed by atoms with Gasteiger partial charge in [-0.15, -0.1) is 10.2 Å². The van der Waals surface area contributed by atoms with Crippen molar-refractivity contribution in [3.05, 3.63) is 60.2 Å². The Hall–Kier alpha value is -3.52. The van der Waals surface area contributed by atoms with E-state index in [4.69, 9.17) is 9.84 Å². The lowest BCUT2D eigenvalue weighted by atomic mass is 10.1. The molecule has 3 aromatic heterocycles. The van der Waals surface area contributed by atoms with Gasteiger partial charge in [0.15, 0.2) is 0 Å². The highest BCUT2D eigenvalue weighted by molar-refractivity contribution is 7.19. The zero-order valence-electron chi connectivity index (χ0n) is 16.0. The Bertz CT molecular complexity index is 1280. The van der Waals surface area contributed by atoms with Crippen molar-refractivity contribution in [2.24, 2.45) is 0 Å². The molecule has 0 aliphatic carbocycles. The number of ether oxygens (including phenoxy) is 1. The van der Waals surface area contributed by atoms with E-state index in [-0.39, 0.29) is 0 Å². The molecule has 0 fully saturated rings. The average molecular weight is 402 g/mol. The first-order chi connectivity index (χ1) is 14.2. The van der Waals surface area contributed by atoms with Crippen LogP contribution in [-0.2, 0) is 0 Å². The molecule has 144 valence electrons. The zero-order chi connectivity index (χ0) is 19.8. The summed E-state index contributed by atoms with van der Waals surface area (Å²) in [6, 6.07) is 18.1.